The molecule has 1 heterocycles. The Morgan fingerprint density at radius 2 is 1.82 bits per heavy atom. The standard InChI is InChI=1S/C24H29NO3/c1-27-22-14-19-13-20(24(26)21(19)15-23(22)28-2)12-17-8-10-25(11-9-17)16-18-6-4-3-5-7-18/h3-7,14-15,17,20H,8-13,16H2,1-2H3/i3D,4D,5D,6D,7D,8D2,9D2,10D2,11D2,14D,15D,17D,20D. The highest BCUT2D eigenvalue weighted by Gasteiger charge is 2.34. The van der Waals surface area contributed by atoms with Crippen molar-refractivity contribution >= 4 is 5.78 Å². The number of rotatable bonds is 6. The van der Waals surface area contributed by atoms with Crippen LogP contribution < -0.4 is 9.47 Å². The van der Waals surface area contributed by atoms with Gasteiger partial charge in [0.2, 0.25) is 0 Å². The Bertz CT molecular complexity index is 1550. The molecule has 0 amide bonds. The first-order valence-corrected chi connectivity index (χ1v) is 8.46. The second-order valence-electron chi connectivity index (χ2n) is 6.10. The van der Waals surface area contributed by atoms with Crippen molar-refractivity contribution < 1.29 is 37.6 Å². The van der Waals surface area contributed by atoms with Gasteiger partial charge in [0, 0.05) is 31.7 Å². The zero-order valence-corrected chi connectivity index (χ0v) is 15.3. The van der Waals surface area contributed by atoms with Gasteiger partial charge in [0.05, 0.1) is 23.8 Å². The number of likely N-dealkylation sites (tertiary alicyclic amines) is 1. The third-order valence-electron chi connectivity index (χ3n) is 4.30. The molecule has 0 bridgehead atoms. The van der Waals surface area contributed by atoms with E-state index in [1.807, 2.05) is 0 Å². The first-order chi connectivity index (χ1) is 20.3. The normalized spacial score (nSPS) is 39.9. The molecule has 1 atom stereocenters. The van der Waals surface area contributed by atoms with Crippen LogP contribution in [0, 0.1) is 11.8 Å². The van der Waals surface area contributed by atoms with E-state index in [1.54, 1.807) is 0 Å². The summed E-state index contributed by atoms with van der Waals surface area (Å²) in [6.45, 7) is -8.47. The largest absolute Gasteiger partial charge is 0.493 e. The number of hydrogen-bond donors (Lipinski definition) is 0. The van der Waals surface area contributed by atoms with Gasteiger partial charge in [0.15, 0.2) is 17.3 Å². The molecule has 0 saturated carbocycles. The molecule has 2 aromatic carbocycles. The monoisotopic (exact) mass is 396 g/mol. The van der Waals surface area contributed by atoms with E-state index in [1.165, 1.54) is 7.11 Å². The summed E-state index contributed by atoms with van der Waals surface area (Å²) in [5.74, 6) is -7.93. The van der Waals surface area contributed by atoms with Crippen molar-refractivity contribution in [3.05, 3.63) is 59.0 Å². The fourth-order valence-corrected chi connectivity index (χ4v) is 2.95. The van der Waals surface area contributed by atoms with Crippen molar-refractivity contribution in [3.63, 3.8) is 0 Å². The lowest BCUT2D eigenvalue weighted by atomic mass is 9.85. The summed E-state index contributed by atoms with van der Waals surface area (Å²) in [7, 11) is 2.33. The van der Waals surface area contributed by atoms with Gasteiger partial charge in [-0.2, -0.15) is 0 Å². The number of carbonyl (C=O) groups is 1. The Kier molecular flexibility index (Phi) is 2.24. The van der Waals surface area contributed by atoms with Gasteiger partial charge in [-0.3, -0.25) is 9.69 Å². The molecule has 0 spiro atoms. The predicted octanol–water partition coefficient (Wildman–Crippen LogP) is 4.36. The fraction of sp³-hybridized carbons (Fsp3) is 0.458. The van der Waals surface area contributed by atoms with Gasteiger partial charge >= 0.3 is 0 Å². The highest BCUT2D eigenvalue weighted by Crippen LogP contribution is 2.39. The molecule has 1 saturated heterocycles. The molecule has 4 rings (SSSR count). The van der Waals surface area contributed by atoms with Crippen molar-refractivity contribution in [3.8, 4) is 11.5 Å². The number of benzene rings is 2. The fourth-order valence-electron chi connectivity index (χ4n) is 2.95. The van der Waals surface area contributed by atoms with Crippen LogP contribution in [0.4, 0.5) is 0 Å². The molecule has 2 aliphatic rings. The molecule has 1 unspecified atom stereocenters. The van der Waals surface area contributed by atoms with Crippen LogP contribution in [-0.4, -0.2) is 37.9 Å². The van der Waals surface area contributed by atoms with Gasteiger partial charge in [-0.1, -0.05) is 30.2 Å². The van der Waals surface area contributed by atoms with Crippen LogP contribution in [0.3, 0.4) is 0 Å². The summed E-state index contributed by atoms with van der Waals surface area (Å²) in [5, 5.41) is 0. The van der Waals surface area contributed by atoms with Crippen LogP contribution in [-0.2, 0) is 13.0 Å². The zero-order chi connectivity index (χ0) is 34.6. The number of Topliss-reactive ketones (excluding diaryl/α,β-unsaturated/α-hetero) is 1. The maximum Gasteiger partial charge on any atom is 0.166 e. The van der Waals surface area contributed by atoms with Gasteiger partial charge in [0.1, 0.15) is 0 Å². The van der Waals surface area contributed by atoms with Crippen LogP contribution in [0.1, 0.15) is 64.0 Å². The summed E-state index contributed by atoms with van der Waals surface area (Å²) < 4.78 is 155. The van der Waals surface area contributed by atoms with Crippen LogP contribution in [0.5, 0.6) is 11.5 Å². The summed E-state index contributed by atoms with van der Waals surface area (Å²) in [6.07, 6.45) is -9.60. The highest BCUT2D eigenvalue weighted by atomic mass is 16.5. The molecule has 0 N–H and O–H groups in total. The SMILES string of the molecule is [2H]c1c([2H])c([2H])c(CN2C([2H])([2H])C([2H])([2H])C([2H])(CC3([2H])Cc4c([2H])c(OC)c(OC)c([2H])c4C3=O)C([2H])([2H])C2([2H])[2H])c([2H])c1[2H]. The number of carbonyl (C=O) groups excluding carboxylic acids is 1. The zero-order valence-electron chi connectivity index (χ0n) is 32.3. The maximum atomic E-state index is 13.7. The summed E-state index contributed by atoms with van der Waals surface area (Å²) in [4.78, 5) is 13.7. The lowest BCUT2D eigenvalue weighted by molar-refractivity contribution is 0.0895. The maximum absolute atomic E-state index is 13.7. The van der Waals surface area contributed by atoms with Crippen molar-refractivity contribution in [2.45, 2.75) is 32.1 Å². The summed E-state index contributed by atoms with van der Waals surface area (Å²) in [6, 6.07) is -5.17. The molecule has 4 heteroatoms. The van der Waals surface area contributed by atoms with E-state index in [0.29, 0.717) is 0 Å². The third-order valence-corrected chi connectivity index (χ3v) is 4.30. The highest BCUT2D eigenvalue weighted by molar-refractivity contribution is 6.02. The van der Waals surface area contributed by atoms with Crippen LogP contribution in [0.25, 0.3) is 0 Å². The number of ketones is 1. The number of hydrogen-bond acceptors (Lipinski definition) is 4. The van der Waals surface area contributed by atoms with Gasteiger partial charge in [-0.15, -0.1) is 0 Å². The third kappa shape index (κ3) is 3.93. The van der Waals surface area contributed by atoms with E-state index in [0.717, 1.165) is 7.11 Å². The van der Waals surface area contributed by atoms with E-state index < -0.39 is 116 Å². The van der Waals surface area contributed by atoms with Crippen molar-refractivity contribution in [1.82, 2.24) is 4.90 Å². The van der Waals surface area contributed by atoms with E-state index in [-0.39, 0.29) is 22.0 Å². The van der Waals surface area contributed by atoms with Crippen molar-refractivity contribution in [2.24, 2.45) is 11.8 Å². The summed E-state index contributed by atoms with van der Waals surface area (Å²) in [5.41, 5.74) is -1.31. The number of nitrogens with zero attached hydrogens (tertiary/aromatic N) is 1. The molecule has 1 aliphatic heterocycles. The van der Waals surface area contributed by atoms with E-state index >= 15 is 0 Å². The Balaban J connectivity index is 1.87. The van der Waals surface area contributed by atoms with E-state index in [9.17, 15) is 4.79 Å². The summed E-state index contributed by atoms with van der Waals surface area (Å²) >= 11 is 0. The average molecular weight is 397 g/mol. The minimum atomic E-state index is -3.73. The molecular formula is C24H29NO3. The molecular weight excluding hydrogens is 350 g/mol. The smallest absolute Gasteiger partial charge is 0.166 e. The van der Waals surface area contributed by atoms with Crippen molar-refractivity contribution in [2.75, 3.05) is 27.2 Å². The lowest BCUT2D eigenvalue weighted by Gasteiger charge is -2.32. The minimum absolute atomic E-state index is 0.0160. The molecule has 28 heavy (non-hydrogen) atoms. The van der Waals surface area contributed by atoms with Gasteiger partial charge in [0.25, 0.3) is 0 Å². The lowest BCUT2D eigenvalue weighted by Crippen LogP contribution is -2.34. The van der Waals surface area contributed by atoms with E-state index in [2.05, 4.69) is 0 Å². The number of methoxy groups -OCH3 is 2. The van der Waals surface area contributed by atoms with Crippen LogP contribution in [0.15, 0.2) is 42.3 Å². The van der Waals surface area contributed by atoms with Crippen LogP contribution in [0.2, 0.25) is 0 Å². The number of ether oxygens (including phenoxy) is 2. The van der Waals surface area contributed by atoms with Gasteiger partial charge in [-0.25, -0.2) is 0 Å². The number of fused-ring (bicyclic) bond motifs is 1. The Labute approximate surface area is 191 Å². The molecule has 0 radical (unpaired) electrons. The van der Waals surface area contributed by atoms with Gasteiger partial charge in [-0.05, 0) is 67.7 Å². The molecule has 2 aromatic rings. The van der Waals surface area contributed by atoms with E-state index in [4.69, 9.17) is 32.8 Å². The molecule has 148 valence electrons. The molecule has 1 fully saturated rings. The molecule has 1 aliphatic carbocycles. The number of piperidine rings is 1. The second-order valence-corrected chi connectivity index (χ2v) is 6.10. The minimum Gasteiger partial charge on any atom is -0.493 e. The second kappa shape index (κ2) is 8.36. The predicted molar refractivity (Wildman–Crippen MR) is 110 cm³/mol. The molecule has 0 aromatic heterocycles. The topological polar surface area (TPSA) is 38.8 Å². The van der Waals surface area contributed by atoms with Gasteiger partial charge < -0.3 is 9.47 Å². The molecule has 4 nitrogen and oxygen atoms in total. The Morgan fingerprint density at radius 3 is 2.50 bits per heavy atom. The Morgan fingerprint density at radius 1 is 1.14 bits per heavy atom. The Hall–Kier alpha value is -2.33. The quantitative estimate of drug-likeness (QED) is 0.727. The van der Waals surface area contributed by atoms with Crippen molar-refractivity contribution in [1.29, 1.82) is 0 Å². The average Bonchev–Trinajstić information content (AvgIpc) is 3.21. The first kappa shape index (κ1) is 7.49. The first-order valence-electron chi connectivity index (χ1n) is 17.0. The van der Waals surface area contributed by atoms with Crippen LogP contribution >= 0.6 is 0 Å².